The maximum absolute atomic E-state index is 3.02. The molecule has 496 valence electrons. The third-order valence-electron chi connectivity index (χ3n) is 30.3. The molecule has 4 heteroatoms. The number of fused-ring (bicyclic) bond motifs is 19. The lowest BCUT2D eigenvalue weighted by Crippen LogP contribution is -2.59. The first-order chi connectivity index (χ1) is 43.8. The van der Waals surface area contributed by atoms with Gasteiger partial charge in [0.15, 0.2) is 0 Å². The van der Waals surface area contributed by atoms with E-state index in [1.807, 2.05) is 0 Å². The monoisotopic (exact) mass is 1260 g/mol. The highest BCUT2D eigenvalue weighted by Crippen LogP contribution is 2.70. The Morgan fingerprint density at radius 1 is 0.400 bits per heavy atom. The van der Waals surface area contributed by atoms with Crippen LogP contribution in [0.4, 0.5) is 34.1 Å². The quantitative estimate of drug-likeness (QED) is 0.152. The first-order valence-electron chi connectivity index (χ1n) is 37.8. The van der Waals surface area contributed by atoms with E-state index in [0.29, 0.717) is 5.92 Å². The normalized spacial score (nSPS) is 28.9. The Kier molecular flexibility index (Phi) is 12.0. The molecule has 1 fully saturated rings. The molecule has 6 aromatic carbocycles. The number of rotatable bonds is 1. The molecule has 3 nitrogen and oxygen atoms in total. The number of nitrogens with zero attached hydrogens (tertiary/aromatic N) is 3. The van der Waals surface area contributed by atoms with Crippen molar-refractivity contribution in [3.63, 3.8) is 0 Å². The topological polar surface area (TPSA) is 9.72 Å². The zero-order valence-corrected chi connectivity index (χ0v) is 63.8. The number of hydrogen-bond donors (Lipinski definition) is 0. The molecule has 11 aliphatic rings. The number of benzene rings is 6. The third-order valence-corrected chi connectivity index (χ3v) is 30.3. The van der Waals surface area contributed by atoms with Gasteiger partial charge in [-0.15, -0.1) is 0 Å². The molecule has 4 heterocycles. The van der Waals surface area contributed by atoms with Crippen LogP contribution in [0.2, 0.25) is 0 Å². The minimum Gasteiger partial charge on any atom is -0.334 e. The standard InChI is InChI=1S/C91H114BN3/c1-51-40-61-67-49-70(51)93-72-42-55(95-69-28-27-53(79(3,4)5)41-68(69)90(25)30-29-54(50-91(90,95)26)89(67,24)38-37-86(61,18)19)43-73-75(72)92(77-76(93)57-45-63-65(47-59(57)87(77,20)21)84(14,15)35-33-82(63,10)11)74-56-44-62-64(83(12,13)34-32-81(62,8)9)46-58(56)88(22,23)78(74)94(73)71-48-66-60(39-52(71)2)80(6,7)31-36-85(66,16)17/h27-28,39-49,54H,29-38,50H2,1-26H3. The predicted octanol–water partition coefficient (Wildman–Crippen LogP) is 23.4. The smallest absolute Gasteiger partial charge is 0.249 e. The van der Waals surface area contributed by atoms with Crippen molar-refractivity contribution in [1.29, 1.82) is 0 Å². The van der Waals surface area contributed by atoms with Gasteiger partial charge in [0.2, 0.25) is 6.71 Å². The van der Waals surface area contributed by atoms with Gasteiger partial charge in [0.25, 0.3) is 0 Å². The van der Waals surface area contributed by atoms with Crippen LogP contribution in [0.3, 0.4) is 0 Å². The summed E-state index contributed by atoms with van der Waals surface area (Å²) < 4.78 is 0. The molecule has 6 aromatic rings. The summed E-state index contributed by atoms with van der Waals surface area (Å²) in [5.74, 6) is 0.485. The number of hydrogen-bond acceptors (Lipinski definition) is 3. The van der Waals surface area contributed by atoms with Gasteiger partial charge in [-0.05, 0) is 277 Å². The van der Waals surface area contributed by atoms with Gasteiger partial charge in [-0.2, -0.15) is 0 Å². The lowest BCUT2D eigenvalue weighted by Gasteiger charge is -2.58. The van der Waals surface area contributed by atoms with Gasteiger partial charge in [0.1, 0.15) is 0 Å². The fourth-order valence-corrected chi connectivity index (χ4v) is 23.2. The molecule has 17 rings (SSSR count). The lowest BCUT2D eigenvalue weighted by molar-refractivity contribution is 0.0840. The van der Waals surface area contributed by atoms with Gasteiger partial charge in [0.05, 0.1) is 5.54 Å². The Hall–Kier alpha value is -5.74. The molecule has 4 unspecified atom stereocenters. The van der Waals surface area contributed by atoms with E-state index >= 15 is 0 Å². The van der Waals surface area contributed by atoms with Crippen LogP contribution in [0.25, 0.3) is 11.2 Å². The Morgan fingerprint density at radius 3 is 1.38 bits per heavy atom. The molecule has 0 saturated heterocycles. The second-order valence-corrected chi connectivity index (χ2v) is 41.0. The van der Waals surface area contributed by atoms with Gasteiger partial charge in [-0.1, -0.05) is 207 Å². The van der Waals surface area contributed by atoms with Crippen LogP contribution in [-0.4, -0.2) is 12.3 Å². The zero-order chi connectivity index (χ0) is 67.9. The Morgan fingerprint density at radius 2 is 0.842 bits per heavy atom. The maximum atomic E-state index is 3.02. The fraction of sp³-hybridized carbons (Fsp3) is 0.560. The van der Waals surface area contributed by atoms with Crippen LogP contribution in [-0.2, 0) is 65.0 Å². The van der Waals surface area contributed by atoms with Crippen LogP contribution in [0, 0.1) is 19.8 Å². The van der Waals surface area contributed by atoms with Crippen molar-refractivity contribution in [3.05, 3.63) is 179 Å². The molecular weight excluding hydrogens is 1150 g/mol. The molecule has 0 amide bonds. The van der Waals surface area contributed by atoms with Gasteiger partial charge in [-0.25, -0.2) is 0 Å². The highest BCUT2D eigenvalue weighted by molar-refractivity contribution is 7.00. The average Bonchev–Trinajstić information content (AvgIpc) is 1.53. The minimum absolute atomic E-state index is 0.00941. The van der Waals surface area contributed by atoms with E-state index in [1.165, 1.54) is 159 Å². The summed E-state index contributed by atoms with van der Waals surface area (Å²) in [6.45, 7) is 66.9. The summed E-state index contributed by atoms with van der Waals surface area (Å²) in [5.41, 5.74) is 39.3. The van der Waals surface area contributed by atoms with Crippen LogP contribution in [0.5, 0.6) is 0 Å². The van der Waals surface area contributed by atoms with Crippen molar-refractivity contribution >= 4 is 57.5 Å². The average molecular weight is 1260 g/mol. The Labute approximate surface area is 574 Å². The van der Waals surface area contributed by atoms with Crippen molar-refractivity contribution in [2.24, 2.45) is 5.92 Å². The van der Waals surface area contributed by atoms with Crippen molar-refractivity contribution in [2.45, 2.75) is 321 Å². The van der Waals surface area contributed by atoms with E-state index in [-0.39, 0.29) is 77.2 Å². The van der Waals surface area contributed by atoms with Crippen molar-refractivity contribution in [3.8, 4) is 0 Å². The summed E-state index contributed by atoms with van der Waals surface area (Å²) in [5, 5.41) is 0. The number of aryl methyl sites for hydroxylation is 2. The van der Waals surface area contributed by atoms with E-state index in [2.05, 4.69) is 274 Å². The van der Waals surface area contributed by atoms with Gasteiger partial charge >= 0.3 is 0 Å². The van der Waals surface area contributed by atoms with Crippen molar-refractivity contribution in [2.75, 3.05) is 14.7 Å². The van der Waals surface area contributed by atoms with E-state index in [0.717, 1.165) is 12.8 Å². The lowest BCUT2D eigenvalue weighted by atomic mass is 9.29. The van der Waals surface area contributed by atoms with Crippen LogP contribution >= 0.6 is 0 Å². The minimum atomic E-state index is -0.374. The summed E-state index contributed by atoms with van der Waals surface area (Å²) >= 11 is 0. The largest absolute Gasteiger partial charge is 0.334 e. The van der Waals surface area contributed by atoms with Gasteiger partial charge in [-0.3, -0.25) is 0 Å². The Balaban J connectivity index is 1.09. The Bertz CT molecular complexity index is 4580. The third kappa shape index (κ3) is 7.74. The SMILES string of the molecule is Cc1cc2c3cc1N1C4=C(B5C6=C(N(c7cc8c(cc7C)C(C)(C)CCC8(C)C)c7cc(cc1c75)N1c5ccc(C(C)(C)C)cc5C5(C)CCC(CC15C)C3(C)CCC2(C)C)C(C)(C)c1cc2c(cc16)C(C)(C)CCC2(C)C)C(C)(C)c1cc2c(cc14)C(C)(C)CCC2(C)C. The highest BCUT2D eigenvalue weighted by atomic mass is 15.3. The molecule has 95 heavy (non-hydrogen) atoms. The van der Waals surface area contributed by atoms with E-state index in [4.69, 9.17) is 0 Å². The van der Waals surface area contributed by atoms with Crippen molar-refractivity contribution in [1.82, 2.24) is 0 Å². The molecule has 4 atom stereocenters. The summed E-state index contributed by atoms with van der Waals surface area (Å²) in [7, 11) is 0. The van der Waals surface area contributed by atoms with Crippen LogP contribution in [0.15, 0.2) is 90.0 Å². The molecule has 4 aliphatic heterocycles. The van der Waals surface area contributed by atoms with Crippen LogP contribution in [0.1, 0.15) is 326 Å². The molecule has 1 saturated carbocycles. The van der Waals surface area contributed by atoms with Gasteiger partial charge < -0.3 is 14.7 Å². The number of allylic oxidation sites excluding steroid dienone is 2. The van der Waals surface area contributed by atoms with Gasteiger partial charge in [0, 0.05) is 67.3 Å². The van der Waals surface area contributed by atoms with E-state index < -0.39 is 0 Å². The van der Waals surface area contributed by atoms with E-state index in [1.54, 1.807) is 49.9 Å². The zero-order valence-electron chi connectivity index (χ0n) is 63.8. The molecule has 0 aromatic heterocycles. The molecule has 0 N–H and O–H groups in total. The summed E-state index contributed by atoms with van der Waals surface area (Å²) in [4.78, 5) is 8.98. The number of anilines is 6. The second-order valence-electron chi connectivity index (χ2n) is 41.0. The first kappa shape index (κ1) is 62.8. The van der Waals surface area contributed by atoms with Crippen LogP contribution < -0.4 is 20.2 Å². The molecule has 0 spiro atoms. The molecule has 7 aliphatic carbocycles. The fourth-order valence-electron chi connectivity index (χ4n) is 23.2. The predicted molar refractivity (Wildman–Crippen MR) is 407 cm³/mol. The molecule has 6 bridgehead atoms. The summed E-state index contributed by atoms with van der Waals surface area (Å²) in [6, 6.07) is 35.7. The first-order valence-corrected chi connectivity index (χ1v) is 37.8. The highest BCUT2D eigenvalue weighted by Gasteiger charge is 2.65. The van der Waals surface area contributed by atoms with E-state index in [9.17, 15) is 0 Å². The maximum Gasteiger partial charge on any atom is 0.249 e. The van der Waals surface area contributed by atoms with Crippen molar-refractivity contribution < 1.29 is 0 Å². The summed E-state index contributed by atoms with van der Waals surface area (Å²) in [6.07, 6.45) is 13.0. The molecular formula is C91H114BN3. The molecule has 0 radical (unpaired) electrons. The second kappa shape index (κ2) is 18.2.